The summed E-state index contributed by atoms with van der Waals surface area (Å²) in [7, 11) is 1.95. The van der Waals surface area contributed by atoms with E-state index in [2.05, 4.69) is 15.0 Å². The van der Waals surface area contributed by atoms with E-state index in [-0.39, 0.29) is 17.4 Å². The Morgan fingerprint density at radius 1 is 1.35 bits per heavy atom. The van der Waals surface area contributed by atoms with Crippen molar-refractivity contribution in [2.45, 2.75) is 18.9 Å². The molecule has 4 rings (SSSR count). The molecule has 0 bridgehead atoms. The van der Waals surface area contributed by atoms with Gasteiger partial charge in [0.15, 0.2) is 5.69 Å². The first-order chi connectivity index (χ1) is 12.5. The van der Waals surface area contributed by atoms with Crippen molar-refractivity contribution in [3.8, 4) is 0 Å². The van der Waals surface area contributed by atoms with Gasteiger partial charge >= 0.3 is 0 Å². The molecule has 26 heavy (non-hydrogen) atoms. The van der Waals surface area contributed by atoms with Gasteiger partial charge in [0.25, 0.3) is 5.91 Å². The van der Waals surface area contributed by atoms with Crippen LogP contribution in [0.5, 0.6) is 0 Å². The number of pyridine rings is 1. The summed E-state index contributed by atoms with van der Waals surface area (Å²) in [5.74, 6) is 0.533. The van der Waals surface area contributed by atoms with Crippen LogP contribution in [0.3, 0.4) is 0 Å². The number of hydrogen-bond acceptors (Lipinski definition) is 6. The number of likely N-dealkylation sites (N-methyl/N-ethyl adjacent to an activating group) is 1. The Morgan fingerprint density at radius 2 is 2.19 bits per heavy atom. The standard InChI is InChI=1S/C18H21N5O3/c1-13-8-15(20-26-13)17(25)22-7-5-18(11-22)12-23(16(24)10-21(18)2)14-4-3-6-19-9-14/h3-4,6,8-9H,5,7,10-12H2,1-2H3. The molecule has 2 fully saturated rings. The lowest BCUT2D eigenvalue weighted by Gasteiger charge is -2.46. The molecule has 0 aromatic carbocycles. The molecule has 8 nitrogen and oxygen atoms in total. The number of carbonyl (C=O) groups is 2. The summed E-state index contributed by atoms with van der Waals surface area (Å²) in [6, 6.07) is 5.37. The zero-order chi connectivity index (χ0) is 18.3. The number of anilines is 1. The number of likely N-dealkylation sites (tertiary alicyclic amines) is 1. The van der Waals surface area contributed by atoms with Crippen LogP contribution in [0.15, 0.2) is 35.1 Å². The van der Waals surface area contributed by atoms with E-state index >= 15 is 0 Å². The topological polar surface area (TPSA) is 82.8 Å². The van der Waals surface area contributed by atoms with Crippen LogP contribution in [0.4, 0.5) is 5.69 Å². The summed E-state index contributed by atoms with van der Waals surface area (Å²) >= 11 is 0. The highest BCUT2D eigenvalue weighted by Gasteiger charge is 2.49. The highest BCUT2D eigenvalue weighted by molar-refractivity contribution is 5.96. The summed E-state index contributed by atoms with van der Waals surface area (Å²) < 4.78 is 5.02. The van der Waals surface area contributed by atoms with Gasteiger partial charge in [0.2, 0.25) is 5.91 Å². The lowest BCUT2D eigenvalue weighted by atomic mass is 9.92. The number of piperazine rings is 1. The fourth-order valence-electron chi connectivity index (χ4n) is 3.81. The van der Waals surface area contributed by atoms with Crippen molar-refractivity contribution in [1.82, 2.24) is 19.9 Å². The molecule has 2 aliphatic rings. The number of nitrogens with zero attached hydrogens (tertiary/aromatic N) is 5. The molecular formula is C18H21N5O3. The van der Waals surface area contributed by atoms with Gasteiger partial charge in [-0.15, -0.1) is 0 Å². The summed E-state index contributed by atoms with van der Waals surface area (Å²) in [5.41, 5.74) is 0.859. The molecular weight excluding hydrogens is 334 g/mol. The van der Waals surface area contributed by atoms with Crippen LogP contribution in [0.25, 0.3) is 0 Å². The van der Waals surface area contributed by atoms with Gasteiger partial charge in [-0.05, 0) is 32.5 Å². The zero-order valence-electron chi connectivity index (χ0n) is 14.9. The second-order valence-electron chi connectivity index (χ2n) is 7.07. The van der Waals surface area contributed by atoms with E-state index in [0.717, 1.165) is 12.1 Å². The van der Waals surface area contributed by atoms with Crippen LogP contribution in [0.2, 0.25) is 0 Å². The molecule has 1 spiro atoms. The van der Waals surface area contributed by atoms with E-state index in [0.29, 0.717) is 37.6 Å². The maximum absolute atomic E-state index is 12.7. The lowest BCUT2D eigenvalue weighted by molar-refractivity contribution is -0.123. The molecule has 2 amide bonds. The third-order valence-corrected chi connectivity index (χ3v) is 5.36. The minimum absolute atomic E-state index is 0.0445. The summed E-state index contributed by atoms with van der Waals surface area (Å²) in [5, 5.41) is 3.83. The molecule has 1 atom stereocenters. The summed E-state index contributed by atoms with van der Waals surface area (Å²) in [4.78, 5) is 35.0. The Labute approximate surface area is 151 Å². The van der Waals surface area contributed by atoms with E-state index in [1.54, 1.807) is 35.2 Å². The van der Waals surface area contributed by atoms with E-state index in [9.17, 15) is 9.59 Å². The smallest absolute Gasteiger partial charge is 0.276 e. The van der Waals surface area contributed by atoms with Gasteiger partial charge in [0, 0.05) is 31.9 Å². The van der Waals surface area contributed by atoms with E-state index in [4.69, 9.17) is 4.52 Å². The average Bonchev–Trinajstić information content (AvgIpc) is 3.26. The van der Waals surface area contributed by atoms with Crippen LogP contribution in [0, 0.1) is 6.92 Å². The Bertz CT molecular complexity index is 836. The second-order valence-corrected chi connectivity index (χ2v) is 7.07. The number of hydrogen-bond donors (Lipinski definition) is 0. The molecule has 2 aromatic heterocycles. The van der Waals surface area contributed by atoms with Crippen molar-refractivity contribution in [2.75, 3.05) is 38.1 Å². The van der Waals surface area contributed by atoms with Gasteiger partial charge in [-0.2, -0.15) is 0 Å². The molecule has 0 saturated carbocycles. The first kappa shape index (κ1) is 16.7. The summed E-state index contributed by atoms with van der Waals surface area (Å²) in [6.07, 6.45) is 4.19. The van der Waals surface area contributed by atoms with E-state index < -0.39 is 0 Å². The van der Waals surface area contributed by atoms with Gasteiger partial charge < -0.3 is 14.3 Å². The molecule has 2 aromatic rings. The van der Waals surface area contributed by atoms with Gasteiger partial charge in [-0.1, -0.05) is 5.16 Å². The quantitative estimate of drug-likeness (QED) is 0.797. The SMILES string of the molecule is Cc1cc(C(=O)N2CCC3(C2)CN(c2cccnc2)C(=O)CN3C)no1. The van der Waals surface area contributed by atoms with Crippen molar-refractivity contribution in [2.24, 2.45) is 0 Å². The van der Waals surface area contributed by atoms with Crippen molar-refractivity contribution in [3.63, 3.8) is 0 Å². The highest BCUT2D eigenvalue weighted by atomic mass is 16.5. The van der Waals surface area contributed by atoms with Gasteiger partial charge in [-0.3, -0.25) is 19.5 Å². The fourth-order valence-corrected chi connectivity index (χ4v) is 3.81. The molecule has 4 heterocycles. The normalized spacial score (nSPS) is 23.8. The molecule has 0 aliphatic carbocycles. The monoisotopic (exact) mass is 355 g/mol. The first-order valence-electron chi connectivity index (χ1n) is 8.63. The fraction of sp³-hybridized carbons (Fsp3) is 0.444. The molecule has 0 radical (unpaired) electrons. The minimum atomic E-state index is -0.266. The molecule has 2 saturated heterocycles. The Morgan fingerprint density at radius 3 is 2.88 bits per heavy atom. The largest absolute Gasteiger partial charge is 0.361 e. The number of rotatable bonds is 2. The molecule has 8 heteroatoms. The predicted octanol–water partition coefficient (Wildman–Crippen LogP) is 0.941. The van der Waals surface area contributed by atoms with Crippen LogP contribution >= 0.6 is 0 Å². The van der Waals surface area contributed by atoms with Gasteiger partial charge in [-0.25, -0.2) is 0 Å². The molecule has 1 unspecified atom stereocenters. The first-order valence-corrected chi connectivity index (χ1v) is 8.63. The van der Waals surface area contributed by atoms with Crippen molar-refractivity contribution in [3.05, 3.63) is 42.0 Å². The minimum Gasteiger partial charge on any atom is -0.361 e. The van der Waals surface area contributed by atoms with Gasteiger partial charge in [0.05, 0.1) is 24.0 Å². The third-order valence-electron chi connectivity index (χ3n) is 5.36. The van der Waals surface area contributed by atoms with Crippen LogP contribution in [0.1, 0.15) is 22.7 Å². The number of amides is 2. The Balaban J connectivity index is 1.56. The second kappa shape index (κ2) is 6.21. The Kier molecular flexibility index (Phi) is 3.99. The van der Waals surface area contributed by atoms with Crippen molar-refractivity contribution >= 4 is 17.5 Å². The molecule has 2 aliphatic heterocycles. The lowest BCUT2D eigenvalue weighted by Crippen LogP contribution is -2.64. The van der Waals surface area contributed by atoms with Crippen molar-refractivity contribution in [1.29, 1.82) is 0 Å². The van der Waals surface area contributed by atoms with E-state index in [1.807, 2.05) is 19.2 Å². The van der Waals surface area contributed by atoms with Crippen molar-refractivity contribution < 1.29 is 14.1 Å². The maximum atomic E-state index is 12.7. The predicted molar refractivity (Wildman–Crippen MR) is 93.7 cm³/mol. The van der Waals surface area contributed by atoms with Crippen LogP contribution in [-0.2, 0) is 4.79 Å². The highest BCUT2D eigenvalue weighted by Crippen LogP contribution is 2.33. The van der Waals surface area contributed by atoms with E-state index in [1.165, 1.54) is 0 Å². The number of aryl methyl sites for hydroxylation is 1. The third kappa shape index (κ3) is 2.76. The van der Waals surface area contributed by atoms with Gasteiger partial charge in [0.1, 0.15) is 5.76 Å². The zero-order valence-corrected chi connectivity index (χ0v) is 14.9. The summed E-state index contributed by atoms with van der Waals surface area (Å²) in [6.45, 7) is 3.81. The molecule has 0 N–H and O–H groups in total. The number of aromatic nitrogens is 2. The molecule has 136 valence electrons. The van der Waals surface area contributed by atoms with Crippen LogP contribution in [-0.4, -0.2) is 70.5 Å². The maximum Gasteiger partial charge on any atom is 0.276 e. The number of carbonyl (C=O) groups excluding carboxylic acids is 2. The Hall–Kier alpha value is -2.74. The average molecular weight is 355 g/mol. The van der Waals surface area contributed by atoms with Crippen LogP contribution < -0.4 is 4.90 Å².